The molecule has 1 aliphatic carbocycles. The highest BCUT2D eigenvalue weighted by atomic mass is 16.8. The average molecular weight is 418 g/mol. The van der Waals surface area contributed by atoms with E-state index in [0.29, 0.717) is 12.3 Å². The van der Waals surface area contributed by atoms with Gasteiger partial charge in [-0.25, -0.2) is 15.3 Å². The molecule has 0 bridgehead atoms. The molecule has 0 radical (unpaired) electrons. The molecule has 8 heteroatoms. The van der Waals surface area contributed by atoms with E-state index >= 15 is 0 Å². The van der Waals surface area contributed by atoms with E-state index in [-0.39, 0.29) is 18.2 Å². The molecule has 3 rings (SSSR count). The summed E-state index contributed by atoms with van der Waals surface area (Å²) in [5.74, 6) is 1.23. The molecule has 0 spiro atoms. The van der Waals surface area contributed by atoms with Crippen LogP contribution in [0, 0.1) is 5.92 Å². The van der Waals surface area contributed by atoms with Crippen molar-refractivity contribution in [3.05, 3.63) is 24.2 Å². The number of nitrogens with zero attached hydrogens (tertiary/aromatic N) is 3. The fraction of sp³-hybridized carbons (Fsp3) is 0.682. The van der Waals surface area contributed by atoms with Gasteiger partial charge in [0.2, 0.25) is 0 Å². The fourth-order valence-corrected chi connectivity index (χ4v) is 4.10. The van der Waals surface area contributed by atoms with Crippen LogP contribution in [0.4, 0.5) is 5.82 Å². The van der Waals surface area contributed by atoms with Crippen molar-refractivity contribution in [1.29, 1.82) is 0 Å². The van der Waals surface area contributed by atoms with Crippen LogP contribution in [0.5, 0.6) is 0 Å². The highest BCUT2D eigenvalue weighted by molar-refractivity contribution is 5.90. The molecule has 2 fully saturated rings. The second-order valence-corrected chi connectivity index (χ2v) is 8.46. The first-order valence-corrected chi connectivity index (χ1v) is 11.1. The molecule has 0 aromatic carbocycles. The molecule has 1 aliphatic heterocycles. The summed E-state index contributed by atoms with van der Waals surface area (Å²) < 4.78 is 5.40. The SMILES string of the molecule is C[C@H](CN(C)CC1CCCC1)Nc1cnc(/C=C/C(=O)NOC2CCCCO2)cn1. The molecule has 1 aromatic heterocycles. The van der Waals surface area contributed by atoms with Gasteiger partial charge in [-0.1, -0.05) is 12.8 Å². The number of hydrogen-bond acceptors (Lipinski definition) is 7. The summed E-state index contributed by atoms with van der Waals surface area (Å²) in [6, 6.07) is 0.275. The normalized spacial score (nSPS) is 21.2. The molecule has 1 aromatic rings. The molecule has 2 atom stereocenters. The third-order valence-corrected chi connectivity index (χ3v) is 5.53. The zero-order valence-electron chi connectivity index (χ0n) is 18.2. The summed E-state index contributed by atoms with van der Waals surface area (Å²) in [6.07, 6.45) is 14.3. The van der Waals surface area contributed by atoms with E-state index in [2.05, 4.69) is 39.6 Å². The van der Waals surface area contributed by atoms with Crippen LogP contribution in [0.15, 0.2) is 18.5 Å². The highest BCUT2D eigenvalue weighted by Crippen LogP contribution is 2.25. The van der Waals surface area contributed by atoms with Gasteiger partial charge in [-0.15, -0.1) is 0 Å². The van der Waals surface area contributed by atoms with Gasteiger partial charge >= 0.3 is 0 Å². The first-order chi connectivity index (χ1) is 14.6. The fourth-order valence-electron chi connectivity index (χ4n) is 4.10. The van der Waals surface area contributed by atoms with Gasteiger partial charge in [0.25, 0.3) is 5.91 Å². The van der Waals surface area contributed by atoms with Crippen LogP contribution < -0.4 is 10.8 Å². The van der Waals surface area contributed by atoms with Gasteiger partial charge in [0.1, 0.15) is 5.82 Å². The quantitative estimate of drug-likeness (QED) is 0.447. The summed E-state index contributed by atoms with van der Waals surface area (Å²) in [6.45, 7) is 4.95. The molecule has 1 amide bonds. The van der Waals surface area contributed by atoms with Gasteiger partial charge in [-0.05, 0) is 51.6 Å². The zero-order chi connectivity index (χ0) is 21.2. The minimum Gasteiger partial charge on any atom is -0.365 e. The number of amides is 1. The molecule has 2 aliphatic rings. The lowest BCUT2D eigenvalue weighted by Gasteiger charge is -2.25. The lowest BCUT2D eigenvalue weighted by molar-refractivity contribution is -0.198. The van der Waals surface area contributed by atoms with Crippen molar-refractivity contribution in [3.8, 4) is 0 Å². The highest BCUT2D eigenvalue weighted by Gasteiger charge is 2.18. The first-order valence-electron chi connectivity index (χ1n) is 11.1. The van der Waals surface area contributed by atoms with Gasteiger partial charge in [0, 0.05) is 38.2 Å². The Morgan fingerprint density at radius 2 is 2.07 bits per heavy atom. The number of aromatic nitrogens is 2. The van der Waals surface area contributed by atoms with Crippen molar-refractivity contribution < 1.29 is 14.4 Å². The topological polar surface area (TPSA) is 88.6 Å². The number of likely N-dealkylation sites (N-methyl/N-ethyl adjacent to an activating group) is 1. The van der Waals surface area contributed by atoms with E-state index in [4.69, 9.17) is 9.57 Å². The van der Waals surface area contributed by atoms with Crippen molar-refractivity contribution >= 4 is 17.8 Å². The van der Waals surface area contributed by atoms with Crippen LogP contribution in [0.1, 0.15) is 57.6 Å². The maximum atomic E-state index is 11.9. The number of carbonyl (C=O) groups excluding carboxylic acids is 1. The molecule has 8 nitrogen and oxygen atoms in total. The number of anilines is 1. The van der Waals surface area contributed by atoms with Crippen molar-refractivity contribution in [1.82, 2.24) is 20.3 Å². The Morgan fingerprint density at radius 3 is 2.77 bits per heavy atom. The van der Waals surface area contributed by atoms with Gasteiger partial charge < -0.3 is 15.0 Å². The van der Waals surface area contributed by atoms with E-state index in [1.807, 2.05) is 0 Å². The lowest BCUT2D eigenvalue weighted by Crippen LogP contribution is -2.35. The Labute approximate surface area is 179 Å². The third-order valence-electron chi connectivity index (χ3n) is 5.53. The van der Waals surface area contributed by atoms with Gasteiger partial charge in [-0.3, -0.25) is 9.78 Å². The Bertz CT molecular complexity index is 670. The Balaban J connectivity index is 1.36. The van der Waals surface area contributed by atoms with Gasteiger partial charge in [0.15, 0.2) is 6.29 Å². The van der Waals surface area contributed by atoms with E-state index < -0.39 is 0 Å². The molecule has 30 heavy (non-hydrogen) atoms. The minimum atomic E-state index is -0.361. The van der Waals surface area contributed by atoms with E-state index in [1.165, 1.54) is 38.3 Å². The Kier molecular flexibility index (Phi) is 9.04. The Hall–Kier alpha value is -2.03. The largest absolute Gasteiger partial charge is 0.365 e. The molecule has 2 heterocycles. The molecule has 1 saturated heterocycles. The Morgan fingerprint density at radius 1 is 1.27 bits per heavy atom. The van der Waals surface area contributed by atoms with E-state index in [1.54, 1.807) is 18.5 Å². The number of carbonyl (C=O) groups is 1. The minimum absolute atomic E-state index is 0.275. The number of nitrogens with one attached hydrogen (secondary N) is 2. The van der Waals surface area contributed by atoms with Crippen LogP contribution in [0.3, 0.4) is 0 Å². The van der Waals surface area contributed by atoms with Crippen LogP contribution in [0.25, 0.3) is 6.08 Å². The predicted molar refractivity (Wildman–Crippen MR) is 116 cm³/mol. The molecule has 1 unspecified atom stereocenters. The second kappa shape index (κ2) is 12.0. The molecular formula is C22H35N5O3. The van der Waals surface area contributed by atoms with Crippen molar-refractivity contribution in [2.75, 3.05) is 32.1 Å². The monoisotopic (exact) mass is 417 g/mol. The third kappa shape index (κ3) is 8.01. The zero-order valence-corrected chi connectivity index (χ0v) is 18.2. The number of hydroxylamine groups is 1. The summed E-state index contributed by atoms with van der Waals surface area (Å²) in [4.78, 5) is 28.2. The van der Waals surface area contributed by atoms with E-state index in [9.17, 15) is 4.79 Å². The molecule has 2 N–H and O–H groups in total. The lowest BCUT2D eigenvalue weighted by atomic mass is 10.1. The maximum Gasteiger partial charge on any atom is 0.267 e. The van der Waals surface area contributed by atoms with E-state index in [0.717, 1.165) is 37.5 Å². The molecule has 1 saturated carbocycles. The van der Waals surface area contributed by atoms with Crippen LogP contribution >= 0.6 is 0 Å². The molecule has 166 valence electrons. The maximum absolute atomic E-state index is 11.9. The van der Waals surface area contributed by atoms with Crippen molar-refractivity contribution in [3.63, 3.8) is 0 Å². The number of hydrogen-bond donors (Lipinski definition) is 2. The summed E-state index contributed by atoms with van der Waals surface area (Å²) in [5.41, 5.74) is 3.00. The number of rotatable bonds is 10. The standard InChI is InChI=1S/C22H35N5O3/c1-17(15-27(2)16-18-7-3-4-8-18)25-20-14-23-19(13-24-20)10-11-21(28)26-30-22-9-5-6-12-29-22/h10-11,13-14,17-18,22H,3-9,12,15-16H2,1-2H3,(H,24,25)(H,26,28)/b11-10+/t17-,22?/m1/s1. The smallest absolute Gasteiger partial charge is 0.267 e. The molecular weight excluding hydrogens is 382 g/mol. The van der Waals surface area contributed by atoms with Gasteiger partial charge in [0.05, 0.1) is 18.1 Å². The average Bonchev–Trinajstić information content (AvgIpc) is 3.25. The number of ether oxygens (including phenoxy) is 1. The van der Waals surface area contributed by atoms with Crippen molar-refractivity contribution in [2.24, 2.45) is 5.92 Å². The predicted octanol–water partition coefficient (Wildman–Crippen LogP) is 2.99. The van der Waals surface area contributed by atoms with Crippen LogP contribution in [-0.4, -0.2) is 59.9 Å². The van der Waals surface area contributed by atoms with Crippen LogP contribution in [-0.2, 0) is 14.4 Å². The summed E-state index contributed by atoms with van der Waals surface area (Å²) in [7, 11) is 2.19. The summed E-state index contributed by atoms with van der Waals surface area (Å²) in [5, 5.41) is 3.39. The summed E-state index contributed by atoms with van der Waals surface area (Å²) >= 11 is 0. The second-order valence-electron chi connectivity index (χ2n) is 8.46. The van der Waals surface area contributed by atoms with Crippen molar-refractivity contribution in [2.45, 2.75) is 64.2 Å². The van der Waals surface area contributed by atoms with Gasteiger partial charge in [-0.2, -0.15) is 0 Å². The van der Waals surface area contributed by atoms with Crippen LogP contribution in [0.2, 0.25) is 0 Å². The first kappa shape index (κ1) is 22.7.